The van der Waals surface area contributed by atoms with Gasteiger partial charge < -0.3 is 4.74 Å². The standard InChI is InChI=1S/C18H23N3O3S/c1-25(22,23)16-4-2-14(3-5-16)13-21-9-7-18(8-10-21)17-15(6-11-24-18)12-19-20-17/h2-5,12H,6-11,13H2,1H3,(H,19,20). The van der Waals surface area contributed by atoms with E-state index >= 15 is 0 Å². The van der Waals surface area contributed by atoms with Crippen molar-refractivity contribution >= 4 is 9.84 Å². The Morgan fingerprint density at radius 1 is 1.24 bits per heavy atom. The summed E-state index contributed by atoms with van der Waals surface area (Å²) >= 11 is 0. The quantitative estimate of drug-likeness (QED) is 0.903. The van der Waals surface area contributed by atoms with Crippen LogP contribution < -0.4 is 0 Å². The second-order valence-corrected chi connectivity index (χ2v) is 9.07. The molecule has 0 atom stereocenters. The predicted octanol–water partition coefficient (Wildman–Crippen LogP) is 1.88. The van der Waals surface area contributed by atoms with Crippen molar-refractivity contribution < 1.29 is 13.2 Å². The maximum atomic E-state index is 11.6. The number of fused-ring (bicyclic) bond motifs is 2. The first-order chi connectivity index (χ1) is 12.0. The minimum atomic E-state index is -3.13. The topological polar surface area (TPSA) is 75.3 Å². The van der Waals surface area contributed by atoms with Gasteiger partial charge in [0.25, 0.3) is 0 Å². The molecule has 1 N–H and O–H groups in total. The summed E-state index contributed by atoms with van der Waals surface area (Å²) in [7, 11) is -3.13. The fourth-order valence-electron chi connectivity index (χ4n) is 3.89. The van der Waals surface area contributed by atoms with Crippen molar-refractivity contribution in [3.63, 3.8) is 0 Å². The summed E-state index contributed by atoms with van der Waals surface area (Å²) in [6.45, 7) is 3.49. The van der Waals surface area contributed by atoms with Gasteiger partial charge in [-0.15, -0.1) is 0 Å². The SMILES string of the molecule is CS(=O)(=O)c1ccc(CN2CCC3(CC2)OCCc2cn[nH]c23)cc1. The number of piperidine rings is 1. The van der Waals surface area contributed by atoms with Crippen molar-refractivity contribution in [3.8, 4) is 0 Å². The lowest BCUT2D eigenvalue weighted by atomic mass is 9.83. The summed E-state index contributed by atoms with van der Waals surface area (Å²) in [5, 5.41) is 7.35. The molecule has 0 unspecified atom stereocenters. The van der Waals surface area contributed by atoms with Crippen molar-refractivity contribution in [2.75, 3.05) is 26.0 Å². The molecule has 2 aliphatic rings. The highest BCUT2D eigenvalue weighted by molar-refractivity contribution is 7.90. The van der Waals surface area contributed by atoms with Crippen LogP contribution >= 0.6 is 0 Å². The molecule has 1 fully saturated rings. The highest BCUT2D eigenvalue weighted by atomic mass is 32.2. The minimum absolute atomic E-state index is 0.208. The Morgan fingerprint density at radius 3 is 2.64 bits per heavy atom. The van der Waals surface area contributed by atoms with E-state index < -0.39 is 9.84 Å². The summed E-state index contributed by atoms with van der Waals surface area (Å²) < 4.78 is 29.3. The molecule has 0 aliphatic carbocycles. The van der Waals surface area contributed by atoms with Gasteiger partial charge in [-0.2, -0.15) is 5.10 Å². The maximum absolute atomic E-state index is 11.6. The highest BCUT2D eigenvalue weighted by Crippen LogP contribution is 2.40. The van der Waals surface area contributed by atoms with E-state index in [1.54, 1.807) is 12.1 Å². The first-order valence-electron chi connectivity index (χ1n) is 8.64. The van der Waals surface area contributed by atoms with E-state index in [1.807, 2.05) is 18.3 Å². The third-order valence-electron chi connectivity index (χ3n) is 5.34. The van der Waals surface area contributed by atoms with Gasteiger partial charge in [0.15, 0.2) is 9.84 Å². The smallest absolute Gasteiger partial charge is 0.175 e. The van der Waals surface area contributed by atoms with Gasteiger partial charge in [-0.25, -0.2) is 8.42 Å². The van der Waals surface area contributed by atoms with Gasteiger partial charge in [0.2, 0.25) is 0 Å². The Morgan fingerprint density at radius 2 is 1.96 bits per heavy atom. The van der Waals surface area contributed by atoms with Gasteiger partial charge in [-0.05, 0) is 42.5 Å². The van der Waals surface area contributed by atoms with Crippen LogP contribution in [0.15, 0.2) is 35.4 Å². The van der Waals surface area contributed by atoms with E-state index in [-0.39, 0.29) is 5.60 Å². The number of hydrogen-bond acceptors (Lipinski definition) is 5. The van der Waals surface area contributed by atoms with E-state index in [4.69, 9.17) is 4.74 Å². The zero-order chi connectivity index (χ0) is 17.5. The van der Waals surface area contributed by atoms with Crippen LogP contribution in [0, 0.1) is 0 Å². The number of likely N-dealkylation sites (tertiary alicyclic amines) is 1. The van der Waals surface area contributed by atoms with Crippen LogP contribution in [0.3, 0.4) is 0 Å². The molecule has 3 heterocycles. The van der Waals surface area contributed by atoms with Gasteiger partial charge in [0.1, 0.15) is 5.60 Å². The van der Waals surface area contributed by atoms with Gasteiger partial charge >= 0.3 is 0 Å². The molecule has 2 aliphatic heterocycles. The summed E-state index contributed by atoms with van der Waals surface area (Å²) in [6, 6.07) is 7.20. The fourth-order valence-corrected chi connectivity index (χ4v) is 4.52. The molecule has 0 amide bonds. The van der Waals surface area contributed by atoms with Crippen LogP contribution in [-0.2, 0) is 33.1 Å². The average Bonchev–Trinajstić information content (AvgIpc) is 3.07. The van der Waals surface area contributed by atoms with Crippen LogP contribution in [0.2, 0.25) is 0 Å². The molecule has 0 bridgehead atoms. The number of ether oxygens (including phenoxy) is 1. The van der Waals surface area contributed by atoms with Gasteiger partial charge in [0.05, 0.1) is 23.4 Å². The number of H-pyrrole nitrogens is 1. The Hall–Kier alpha value is -1.70. The Bertz CT molecular complexity index is 850. The van der Waals surface area contributed by atoms with E-state index in [0.29, 0.717) is 4.90 Å². The van der Waals surface area contributed by atoms with Crippen LogP contribution in [0.4, 0.5) is 0 Å². The largest absolute Gasteiger partial charge is 0.368 e. The number of nitrogens with one attached hydrogen (secondary N) is 1. The fraction of sp³-hybridized carbons (Fsp3) is 0.500. The molecule has 0 saturated carbocycles. The molecule has 1 aromatic heterocycles. The van der Waals surface area contributed by atoms with Crippen molar-refractivity contribution in [1.82, 2.24) is 15.1 Å². The number of rotatable bonds is 3. The second-order valence-electron chi connectivity index (χ2n) is 7.06. The molecule has 134 valence electrons. The van der Waals surface area contributed by atoms with Gasteiger partial charge in [0, 0.05) is 25.9 Å². The van der Waals surface area contributed by atoms with E-state index in [2.05, 4.69) is 15.1 Å². The van der Waals surface area contributed by atoms with Crippen molar-refractivity contribution in [2.24, 2.45) is 0 Å². The summed E-state index contributed by atoms with van der Waals surface area (Å²) in [4.78, 5) is 2.77. The zero-order valence-electron chi connectivity index (χ0n) is 14.4. The molecular weight excluding hydrogens is 338 g/mol. The maximum Gasteiger partial charge on any atom is 0.175 e. The number of hydrogen-bond donors (Lipinski definition) is 1. The van der Waals surface area contributed by atoms with Crippen molar-refractivity contribution in [1.29, 1.82) is 0 Å². The number of sulfone groups is 1. The van der Waals surface area contributed by atoms with Crippen LogP contribution in [0.25, 0.3) is 0 Å². The van der Waals surface area contributed by atoms with Crippen molar-refractivity contribution in [2.45, 2.75) is 36.3 Å². The lowest BCUT2D eigenvalue weighted by molar-refractivity contribution is -0.102. The molecule has 0 radical (unpaired) electrons. The number of aromatic nitrogens is 2. The molecule has 6 nitrogen and oxygen atoms in total. The first-order valence-corrected chi connectivity index (χ1v) is 10.5. The highest BCUT2D eigenvalue weighted by Gasteiger charge is 2.42. The summed E-state index contributed by atoms with van der Waals surface area (Å²) in [6.07, 6.45) is 5.99. The number of nitrogens with zero attached hydrogens (tertiary/aromatic N) is 2. The lowest BCUT2D eigenvalue weighted by Gasteiger charge is -2.43. The molecule has 25 heavy (non-hydrogen) atoms. The van der Waals surface area contributed by atoms with Crippen LogP contribution in [0.1, 0.15) is 29.7 Å². The first kappa shape index (κ1) is 16.8. The third kappa shape index (κ3) is 3.23. The Kier molecular flexibility index (Phi) is 4.17. The number of aromatic amines is 1. The van der Waals surface area contributed by atoms with E-state index in [1.165, 1.54) is 11.8 Å². The Balaban J connectivity index is 1.42. The molecule has 1 saturated heterocycles. The van der Waals surface area contributed by atoms with Gasteiger partial charge in [-0.1, -0.05) is 12.1 Å². The van der Waals surface area contributed by atoms with Crippen LogP contribution in [0.5, 0.6) is 0 Å². The average molecular weight is 361 g/mol. The molecule has 4 rings (SSSR count). The molecule has 1 spiro atoms. The Labute approximate surface area is 148 Å². The van der Waals surface area contributed by atoms with E-state index in [0.717, 1.165) is 56.8 Å². The number of benzene rings is 1. The monoisotopic (exact) mass is 361 g/mol. The predicted molar refractivity (Wildman–Crippen MR) is 94.0 cm³/mol. The molecule has 7 heteroatoms. The van der Waals surface area contributed by atoms with Crippen molar-refractivity contribution in [3.05, 3.63) is 47.3 Å². The second kappa shape index (κ2) is 6.23. The minimum Gasteiger partial charge on any atom is -0.368 e. The van der Waals surface area contributed by atoms with Crippen LogP contribution in [-0.4, -0.2) is 49.5 Å². The molecule has 1 aromatic carbocycles. The summed E-state index contributed by atoms with van der Waals surface area (Å²) in [5.41, 5.74) is 3.38. The van der Waals surface area contributed by atoms with Gasteiger partial charge in [-0.3, -0.25) is 10.00 Å². The third-order valence-corrected chi connectivity index (χ3v) is 6.47. The normalized spacial score (nSPS) is 20.5. The summed E-state index contributed by atoms with van der Waals surface area (Å²) in [5.74, 6) is 0. The molecule has 2 aromatic rings. The lowest BCUT2D eigenvalue weighted by Crippen LogP contribution is -2.46. The zero-order valence-corrected chi connectivity index (χ0v) is 15.2. The molecular formula is C18H23N3O3S. The van der Waals surface area contributed by atoms with E-state index in [9.17, 15) is 8.42 Å².